The number of hydrogen-bond acceptors (Lipinski definition) is 3. The van der Waals surface area contributed by atoms with Gasteiger partial charge in [0.05, 0.1) is 0 Å². The zero-order valence-electron chi connectivity index (χ0n) is 10.6. The normalized spacial score (nSPS) is 37.4. The Morgan fingerprint density at radius 3 is 2.59 bits per heavy atom. The number of carbonyl (C=O) groups excluding carboxylic acids is 1. The summed E-state index contributed by atoms with van der Waals surface area (Å²) in [4.78, 5) is 13.7. The van der Waals surface area contributed by atoms with Gasteiger partial charge in [0.2, 0.25) is 0 Å². The minimum absolute atomic E-state index is 0.288. The lowest BCUT2D eigenvalue weighted by Gasteiger charge is -2.36. The zero-order valence-corrected chi connectivity index (χ0v) is 10.6. The summed E-state index contributed by atoms with van der Waals surface area (Å²) in [7, 11) is 2.28. The van der Waals surface area contributed by atoms with E-state index in [0.717, 1.165) is 31.0 Å². The minimum Gasteiger partial charge on any atom is -0.388 e. The van der Waals surface area contributed by atoms with E-state index in [4.69, 9.17) is 0 Å². The first-order chi connectivity index (χ1) is 8.22. The van der Waals surface area contributed by atoms with Crippen LogP contribution in [0.1, 0.15) is 38.5 Å². The van der Waals surface area contributed by atoms with Gasteiger partial charge in [-0.05, 0) is 45.1 Å². The van der Waals surface area contributed by atoms with Crippen molar-refractivity contribution in [2.75, 3.05) is 13.6 Å². The van der Waals surface area contributed by atoms with E-state index in [-0.39, 0.29) is 5.78 Å². The van der Waals surface area contributed by atoms with Crippen molar-refractivity contribution in [3.05, 3.63) is 11.8 Å². The summed E-state index contributed by atoms with van der Waals surface area (Å²) in [5, 5.41) is 3.49. The Labute approximate surface area is 103 Å². The number of nitrogens with one attached hydrogen (secondary N) is 1. The molecule has 0 aromatic heterocycles. The highest BCUT2D eigenvalue weighted by molar-refractivity contribution is 5.92. The third-order valence-electron chi connectivity index (χ3n) is 4.79. The van der Waals surface area contributed by atoms with Gasteiger partial charge in [-0.25, -0.2) is 0 Å². The van der Waals surface area contributed by atoms with E-state index in [1.165, 1.54) is 31.4 Å². The Morgan fingerprint density at radius 1 is 1.29 bits per heavy atom. The molecular weight excluding hydrogens is 212 g/mol. The average molecular weight is 234 g/mol. The lowest BCUT2D eigenvalue weighted by atomic mass is 9.91. The fraction of sp³-hybridized carbons (Fsp3) is 0.786. The fourth-order valence-corrected chi connectivity index (χ4v) is 3.70. The van der Waals surface area contributed by atoms with Gasteiger partial charge in [-0.1, -0.05) is 0 Å². The molecule has 2 unspecified atom stereocenters. The molecule has 2 aliphatic heterocycles. The Hall–Kier alpha value is -0.830. The predicted molar refractivity (Wildman–Crippen MR) is 67.6 cm³/mol. The van der Waals surface area contributed by atoms with E-state index in [0.29, 0.717) is 6.42 Å². The van der Waals surface area contributed by atoms with Crippen LogP contribution in [-0.2, 0) is 4.79 Å². The van der Waals surface area contributed by atoms with Gasteiger partial charge in [0.1, 0.15) is 0 Å². The first-order valence-electron chi connectivity index (χ1n) is 6.91. The van der Waals surface area contributed by atoms with E-state index < -0.39 is 0 Å². The Bertz CT molecular complexity index is 336. The summed E-state index contributed by atoms with van der Waals surface area (Å²) in [5.74, 6) is 1.09. The summed E-state index contributed by atoms with van der Waals surface area (Å²) in [5.41, 5.74) is 1.17. The molecule has 3 nitrogen and oxygen atoms in total. The molecule has 2 saturated heterocycles. The summed E-state index contributed by atoms with van der Waals surface area (Å²) < 4.78 is 0. The molecule has 1 aliphatic carbocycles. The van der Waals surface area contributed by atoms with Crippen LogP contribution in [0.15, 0.2) is 11.8 Å². The van der Waals surface area contributed by atoms with Crippen LogP contribution in [0.3, 0.4) is 0 Å². The number of nitrogens with zero attached hydrogens (tertiary/aromatic N) is 1. The molecule has 3 rings (SSSR count). The van der Waals surface area contributed by atoms with Crippen LogP contribution in [0.4, 0.5) is 0 Å². The van der Waals surface area contributed by atoms with Crippen LogP contribution in [0.2, 0.25) is 0 Å². The molecule has 94 valence electrons. The van der Waals surface area contributed by atoms with Gasteiger partial charge in [-0.3, -0.25) is 4.79 Å². The van der Waals surface area contributed by atoms with Gasteiger partial charge < -0.3 is 10.2 Å². The number of rotatable bonds is 3. The van der Waals surface area contributed by atoms with E-state index in [1.54, 1.807) is 6.08 Å². The third kappa shape index (κ3) is 2.25. The number of ketones is 1. The minimum atomic E-state index is 0.288. The topological polar surface area (TPSA) is 32.3 Å². The van der Waals surface area contributed by atoms with Crippen molar-refractivity contribution in [2.24, 2.45) is 5.92 Å². The van der Waals surface area contributed by atoms with Crippen molar-refractivity contribution in [3.63, 3.8) is 0 Å². The van der Waals surface area contributed by atoms with Crippen LogP contribution >= 0.6 is 0 Å². The van der Waals surface area contributed by atoms with Crippen LogP contribution in [0, 0.1) is 5.92 Å². The van der Waals surface area contributed by atoms with Crippen molar-refractivity contribution >= 4 is 5.78 Å². The molecule has 0 amide bonds. The molecule has 2 atom stereocenters. The first kappa shape index (κ1) is 11.3. The van der Waals surface area contributed by atoms with Crippen molar-refractivity contribution in [3.8, 4) is 0 Å². The van der Waals surface area contributed by atoms with Gasteiger partial charge in [0.25, 0.3) is 0 Å². The van der Waals surface area contributed by atoms with Gasteiger partial charge in [-0.2, -0.15) is 0 Å². The van der Waals surface area contributed by atoms with Crippen molar-refractivity contribution in [1.82, 2.24) is 10.2 Å². The lowest BCUT2D eigenvalue weighted by Crippen LogP contribution is -2.42. The maximum atomic E-state index is 11.1. The number of carbonyl (C=O) groups is 1. The number of hydrogen-bond donors (Lipinski definition) is 1. The maximum Gasteiger partial charge on any atom is 0.157 e. The van der Waals surface area contributed by atoms with Gasteiger partial charge in [0.15, 0.2) is 5.78 Å². The molecule has 0 aromatic carbocycles. The van der Waals surface area contributed by atoms with E-state index in [1.807, 2.05) is 0 Å². The fourth-order valence-electron chi connectivity index (χ4n) is 3.70. The molecule has 0 spiro atoms. The van der Waals surface area contributed by atoms with E-state index in [2.05, 4.69) is 17.3 Å². The molecule has 17 heavy (non-hydrogen) atoms. The zero-order chi connectivity index (χ0) is 11.8. The van der Waals surface area contributed by atoms with Gasteiger partial charge in [-0.15, -0.1) is 0 Å². The van der Waals surface area contributed by atoms with Crippen LogP contribution < -0.4 is 5.32 Å². The molecule has 1 N–H and O–H groups in total. The molecule has 0 radical (unpaired) electrons. The van der Waals surface area contributed by atoms with Crippen LogP contribution in [0.25, 0.3) is 0 Å². The number of piperidine rings is 1. The average Bonchev–Trinajstić information content (AvgIpc) is 2.78. The van der Waals surface area contributed by atoms with Crippen LogP contribution in [0.5, 0.6) is 0 Å². The molecule has 3 aliphatic rings. The smallest absolute Gasteiger partial charge is 0.157 e. The molecular formula is C14H22N2O. The largest absolute Gasteiger partial charge is 0.388 e. The standard InChI is InChI=1S/C14H22N2O/c1-16-12-3-4-13(16)7-10(6-12)9-15-11-2-5-14(17)8-11/h8,10,12-13,15H,2-7,9H2,1H3. The summed E-state index contributed by atoms with van der Waals surface area (Å²) in [6, 6.07) is 1.64. The molecule has 2 bridgehead atoms. The van der Waals surface area contributed by atoms with Crippen molar-refractivity contribution < 1.29 is 4.79 Å². The van der Waals surface area contributed by atoms with Crippen LogP contribution in [-0.4, -0.2) is 36.4 Å². The van der Waals surface area contributed by atoms with Crippen molar-refractivity contribution in [1.29, 1.82) is 0 Å². The second-order valence-corrected chi connectivity index (χ2v) is 5.90. The summed E-state index contributed by atoms with van der Waals surface area (Å²) in [6.07, 6.45) is 8.88. The first-order valence-corrected chi connectivity index (χ1v) is 6.91. The van der Waals surface area contributed by atoms with E-state index in [9.17, 15) is 4.79 Å². The summed E-state index contributed by atoms with van der Waals surface area (Å²) in [6.45, 7) is 1.07. The molecule has 3 heteroatoms. The van der Waals surface area contributed by atoms with Crippen molar-refractivity contribution in [2.45, 2.75) is 50.6 Å². The highest BCUT2D eigenvalue weighted by Gasteiger charge is 2.38. The number of fused-ring (bicyclic) bond motifs is 2. The number of allylic oxidation sites excluding steroid dienone is 2. The second-order valence-electron chi connectivity index (χ2n) is 5.90. The Morgan fingerprint density at radius 2 is 2.00 bits per heavy atom. The molecule has 2 heterocycles. The highest BCUT2D eigenvalue weighted by atomic mass is 16.1. The quantitative estimate of drug-likeness (QED) is 0.806. The summed E-state index contributed by atoms with van der Waals surface area (Å²) >= 11 is 0. The third-order valence-corrected chi connectivity index (χ3v) is 4.79. The monoisotopic (exact) mass is 234 g/mol. The molecule has 0 aromatic rings. The molecule has 0 saturated carbocycles. The Kier molecular flexibility index (Phi) is 2.95. The lowest BCUT2D eigenvalue weighted by molar-refractivity contribution is -0.114. The Balaban J connectivity index is 1.51. The second kappa shape index (κ2) is 4.45. The van der Waals surface area contributed by atoms with E-state index >= 15 is 0 Å². The maximum absolute atomic E-state index is 11.1. The predicted octanol–water partition coefficient (Wildman–Crippen LogP) is 1.70. The molecule has 2 fully saturated rings. The van der Waals surface area contributed by atoms with Gasteiger partial charge in [0, 0.05) is 36.8 Å². The highest BCUT2D eigenvalue weighted by Crippen LogP contribution is 2.37. The van der Waals surface area contributed by atoms with Gasteiger partial charge >= 0.3 is 0 Å². The SMILES string of the molecule is CN1C2CCC1CC(CNC1=CC(=O)CC1)C2.